The molecule has 1 atom stereocenters. The summed E-state index contributed by atoms with van der Waals surface area (Å²) in [7, 11) is 0. The monoisotopic (exact) mass is 298 g/mol. The second-order valence-corrected chi connectivity index (χ2v) is 6.13. The summed E-state index contributed by atoms with van der Waals surface area (Å²) in [6.45, 7) is 10.5. The molecule has 0 radical (unpaired) electrons. The van der Waals surface area contributed by atoms with Gasteiger partial charge in [-0.15, -0.1) is 0 Å². The number of aromatic carboxylic acids is 1. The highest BCUT2D eigenvalue weighted by Gasteiger charge is 2.28. The van der Waals surface area contributed by atoms with Gasteiger partial charge in [-0.1, -0.05) is 13.8 Å². The number of aryl methyl sites for hydroxylation is 1. The number of rotatable bonds is 4. The van der Waals surface area contributed by atoms with E-state index in [1.54, 1.807) is 20.8 Å². The van der Waals surface area contributed by atoms with Gasteiger partial charge in [-0.3, -0.25) is 0 Å². The highest BCUT2D eigenvalue weighted by Crippen LogP contribution is 2.24. The van der Waals surface area contributed by atoms with Crippen molar-refractivity contribution in [2.45, 2.75) is 53.2 Å². The van der Waals surface area contributed by atoms with Gasteiger partial charge in [0, 0.05) is 0 Å². The van der Waals surface area contributed by atoms with E-state index in [0.29, 0.717) is 0 Å². The number of nitrogens with zero attached hydrogens (tertiary/aromatic N) is 1. The Morgan fingerprint density at radius 3 is 2.29 bits per heavy atom. The number of alkyl carbamates (subject to hydrolysis) is 1. The van der Waals surface area contributed by atoms with Crippen LogP contribution in [0, 0.1) is 12.8 Å². The molecule has 0 saturated heterocycles. The topological polar surface area (TPSA) is 102 Å². The van der Waals surface area contributed by atoms with E-state index in [4.69, 9.17) is 14.3 Å². The molecule has 21 heavy (non-hydrogen) atoms. The molecule has 0 aliphatic heterocycles. The van der Waals surface area contributed by atoms with Crippen molar-refractivity contribution in [3.8, 4) is 0 Å². The molecular weight excluding hydrogens is 276 g/mol. The van der Waals surface area contributed by atoms with Gasteiger partial charge in [-0.25, -0.2) is 14.6 Å². The summed E-state index contributed by atoms with van der Waals surface area (Å²) in [6.07, 6.45) is -0.603. The lowest BCUT2D eigenvalue weighted by Crippen LogP contribution is -2.37. The molecular formula is C14H22N2O5. The smallest absolute Gasteiger partial charge is 0.408 e. The number of carboxylic acids is 1. The maximum atomic E-state index is 11.9. The summed E-state index contributed by atoms with van der Waals surface area (Å²) in [5.74, 6) is -0.848. The Morgan fingerprint density at radius 2 is 1.90 bits per heavy atom. The zero-order valence-corrected chi connectivity index (χ0v) is 13.2. The normalized spacial score (nSPS) is 13.1. The number of carboxylic acid groups (broad SMARTS) is 1. The van der Waals surface area contributed by atoms with E-state index in [9.17, 15) is 9.59 Å². The van der Waals surface area contributed by atoms with Gasteiger partial charge < -0.3 is 19.6 Å². The zero-order valence-electron chi connectivity index (χ0n) is 13.2. The second-order valence-electron chi connectivity index (χ2n) is 6.13. The van der Waals surface area contributed by atoms with Crippen LogP contribution in [-0.4, -0.2) is 27.8 Å². The van der Waals surface area contributed by atoms with Crippen LogP contribution in [0.4, 0.5) is 4.79 Å². The fourth-order valence-electron chi connectivity index (χ4n) is 1.70. The van der Waals surface area contributed by atoms with Gasteiger partial charge in [0.1, 0.15) is 17.4 Å². The Morgan fingerprint density at radius 1 is 1.33 bits per heavy atom. The van der Waals surface area contributed by atoms with E-state index in [1.165, 1.54) is 6.92 Å². The van der Waals surface area contributed by atoms with Crippen LogP contribution in [0.2, 0.25) is 0 Å². The van der Waals surface area contributed by atoms with Gasteiger partial charge in [-0.2, -0.15) is 0 Å². The third-order valence-corrected chi connectivity index (χ3v) is 2.62. The van der Waals surface area contributed by atoms with Crippen molar-refractivity contribution in [1.82, 2.24) is 10.3 Å². The molecule has 7 heteroatoms. The molecule has 0 spiro atoms. The number of carbonyl (C=O) groups excluding carboxylic acids is 1. The molecule has 1 amide bonds. The molecule has 1 heterocycles. The van der Waals surface area contributed by atoms with Crippen LogP contribution in [0.15, 0.2) is 4.42 Å². The van der Waals surface area contributed by atoms with Crippen molar-refractivity contribution in [1.29, 1.82) is 0 Å². The second kappa shape index (κ2) is 6.15. The number of amides is 1. The van der Waals surface area contributed by atoms with Gasteiger partial charge in [-0.05, 0) is 33.6 Å². The van der Waals surface area contributed by atoms with E-state index in [-0.39, 0.29) is 23.3 Å². The first-order valence-electron chi connectivity index (χ1n) is 6.71. The minimum Gasteiger partial charge on any atom is -0.476 e. The van der Waals surface area contributed by atoms with Crippen LogP contribution in [0.5, 0.6) is 0 Å². The van der Waals surface area contributed by atoms with Crippen LogP contribution < -0.4 is 5.32 Å². The van der Waals surface area contributed by atoms with Gasteiger partial charge in [0.25, 0.3) is 0 Å². The first-order valence-corrected chi connectivity index (χ1v) is 6.71. The fraction of sp³-hybridized carbons (Fsp3) is 0.643. The standard InChI is InChI=1S/C14H22N2O5/c1-7(2)9(16-13(19)21-14(4,5)6)11-15-10(12(17)18)8(3)20-11/h7,9H,1-6H3,(H,16,19)(H,17,18)/t9-/m0/s1. The third kappa shape index (κ3) is 4.77. The molecule has 0 bridgehead atoms. The molecule has 0 aliphatic rings. The predicted octanol–water partition coefficient (Wildman–Crippen LogP) is 2.90. The molecule has 0 fully saturated rings. The average Bonchev–Trinajstić information content (AvgIpc) is 2.65. The van der Waals surface area contributed by atoms with E-state index in [1.807, 2.05) is 13.8 Å². The van der Waals surface area contributed by atoms with Crippen LogP contribution in [0.25, 0.3) is 0 Å². The minimum absolute atomic E-state index is 0.0442. The largest absolute Gasteiger partial charge is 0.476 e. The summed E-state index contributed by atoms with van der Waals surface area (Å²) in [5, 5.41) is 11.7. The predicted molar refractivity (Wildman–Crippen MR) is 75.1 cm³/mol. The molecule has 0 saturated carbocycles. The lowest BCUT2D eigenvalue weighted by molar-refractivity contribution is 0.0478. The number of hydrogen-bond acceptors (Lipinski definition) is 5. The van der Waals surface area contributed by atoms with E-state index >= 15 is 0 Å². The SMILES string of the molecule is Cc1oc([C@@H](NC(=O)OC(C)(C)C)C(C)C)nc1C(=O)O. The molecule has 1 aromatic heterocycles. The lowest BCUT2D eigenvalue weighted by atomic mass is 10.0. The molecule has 1 rings (SSSR count). The summed E-state index contributed by atoms with van der Waals surface area (Å²) in [5.41, 5.74) is -0.772. The van der Waals surface area contributed by atoms with Crippen LogP contribution in [-0.2, 0) is 4.74 Å². The first kappa shape index (κ1) is 17.0. The molecule has 1 aromatic rings. The zero-order chi connectivity index (χ0) is 16.4. The Bertz CT molecular complexity index is 528. The van der Waals surface area contributed by atoms with Gasteiger partial charge in [0.15, 0.2) is 5.69 Å². The number of oxazole rings is 1. The van der Waals surface area contributed by atoms with Crippen molar-refractivity contribution < 1.29 is 23.8 Å². The Kier molecular flexibility index (Phi) is 4.98. The molecule has 7 nitrogen and oxygen atoms in total. The lowest BCUT2D eigenvalue weighted by Gasteiger charge is -2.24. The van der Waals surface area contributed by atoms with Gasteiger partial charge in [0.05, 0.1) is 0 Å². The van der Waals surface area contributed by atoms with Gasteiger partial charge in [0.2, 0.25) is 5.89 Å². The molecule has 118 valence electrons. The molecule has 2 N–H and O–H groups in total. The van der Waals surface area contributed by atoms with E-state index in [2.05, 4.69) is 10.3 Å². The summed E-state index contributed by atoms with van der Waals surface area (Å²) in [4.78, 5) is 26.8. The van der Waals surface area contributed by atoms with Crippen LogP contribution >= 0.6 is 0 Å². The van der Waals surface area contributed by atoms with Crippen molar-refractivity contribution in [2.75, 3.05) is 0 Å². The van der Waals surface area contributed by atoms with Crippen molar-refractivity contribution in [3.63, 3.8) is 0 Å². The minimum atomic E-state index is -1.16. The van der Waals surface area contributed by atoms with Crippen molar-refractivity contribution in [3.05, 3.63) is 17.3 Å². The number of carbonyl (C=O) groups is 2. The van der Waals surface area contributed by atoms with Crippen LogP contribution in [0.3, 0.4) is 0 Å². The summed E-state index contributed by atoms with van der Waals surface area (Å²) < 4.78 is 10.6. The fourth-order valence-corrected chi connectivity index (χ4v) is 1.70. The molecule has 0 unspecified atom stereocenters. The highest BCUT2D eigenvalue weighted by molar-refractivity contribution is 5.86. The maximum Gasteiger partial charge on any atom is 0.408 e. The molecule has 0 aliphatic carbocycles. The molecule has 0 aromatic carbocycles. The Balaban J connectivity index is 2.95. The number of nitrogens with one attached hydrogen (secondary N) is 1. The quantitative estimate of drug-likeness (QED) is 0.886. The average molecular weight is 298 g/mol. The number of aromatic nitrogens is 1. The Hall–Kier alpha value is -2.05. The van der Waals surface area contributed by atoms with E-state index in [0.717, 1.165) is 0 Å². The van der Waals surface area contributed by atoms with Crippen LogP contribution in [0.1, 0.15) is 62.8 Å². The van der Waals surface area contributed by atoms with Gasteiger partial charge >= 0.3 is 12.1 Å². The Labute approximate surface area is 123 Å². The van der Waals surface area contributed by atoms with Crippen molar-refractivity contribution in [2.24, 2.45) is 5.92 Å². The highest BCUT2D eigenvalue weighted by atomic mass is 16.6. The number of ether oxygens (including phenoxy) is 1. The van der Waals surface area contributed by atoms with E-state index < -0.39 is 23.7 Å². The maximum absolute atomic E-state index is 11.9. The number of hydrogen-bond donors (Lipinski definition) is 2. The first-order chi connectivity index (χ1) is 9.51. The van der Waals surface area contributed by atoms with Crippen molar-refractivity contribution >= 4 is 12.1 Å². The summed E-state index contributed by atoms with van der Waals surface area (Å²) >= 11 is 0. The summed E-state index contributed by atoms with van der Waals surface area (Å²) in [6, 6.07) is -0.563. The third-order valence-electron chi connectivity index (χ3n) is 2.62.